The summed E-state index contributed by atoms with van der Waals surface area (Å²) in [5.41, 5.74) is 4.28. The predicted octanol–water partition coefficient (Wildman–Crippen LogP) is 4.99. The molecule has 36 heavy (non-hydrogen) atoms. The van der Waals surface area contributed by atoms with Gasteiger partial charge in [0.1, 0.15) is 16.2 Å². The van der Waals surface area contributed by atoms with Gasteiger partial charge in [0.2, 0.25) is 0 Å². The molecule has 8 nitrogen and oxygen atoms in total. The van der Waals surface area contributed by atoms with Gasteiger partial charge in [-0.1, -0.05) is 31.2 Å². The first-order chi connectivity index (χ1) is 16.6. The van der Waals surface area contributed by atoms with Crippen LogP contribution in [0.1, 0.15) is 18.6 Å². The van der Waals surface area contributed by atoms with Crippen molar-refractivity contribution in [2.75, 3.05) is 25.7 Å². The highest BCUT2D eigenvalue weighted by Gasteiger charge is 2.20. The molecule has 2 aromatic carbocycles. The first-order valence-corrected chi connectivity index (χ1v) is 13.0. The van der Waals surface area contributed by atoms with Gasteiger partial charge in [0, 0.05) is 35.8 Å². The van der Waals surface area contributed by atoms with Crippen LogP contribution in [-0.2, 0) is 23.0 Å². The normalized spacial score (nSPS) is 11.5. The second-order valence-corrected chi connectivity index (χ2v) is 10.9. The molecule has 0 fully saturated rings. The number of nitrogens with one attached hydrogen (secondary N) is 1. The summed E-state index contributed by atoms with van der Waals surface area (Å²) in [5, 5.41) is 22.9. The second kappa shape index (κ2) is 10.8. The lowest BCUT2D eigenvalue weighted by Crippen LogP contribution is -2.10. The van der Waals surface area contributed by atoms with Crippen LogP contribution in [0.15, 0.2) is 59.6 Å². The van der Waals surface area contributed by atoms with E-state index in [4.69, 9.17) is 16.6 Å². The van der Waals surface area contributed by atoms with Gasteiger partial charge in [0.05, 0.1) is 28.5 Å². The lowest BCUT2D eigenvalue weighted by atomic mass is 10.1. The van der Waals surface area contributed by atoms with E-state index in [1.165, 1.54) is 12.3 Å². The Labute approximate surface area is 216 Å². The molecule has 0 amide bonds. The minimum atomic E-state index is -3.63. The number of phenols is 1. The lowest BCUT2D eigenvalue weighted by molar-refractivity contribution is 0.275. The topological polar surface area (TPSA) is 116 Å². The largest absolute Gasteiger partial charge is 0.506 e. The van der Waals surface area contributed by atoms with Crippen LogP contribution in [0.5, 0.6) is 5.75 Å². The minimum absolute atomic E-state index is 0. The number of fused-ring (bicyclic) bond motifs is 1. The van der Waals surface area contributed by atoms with Crippen LogP contribution >= 0.6 is 11.6 Å². The van der Waals surface area contributed by atoms with Crippen molar-refractivity contribution in [3.05, 3.63) is 70.9 Å². The molecule has 0 saturated carbocycles. The van der Waals surface area contributed by atoms with Crippen molar-refractivity contribution < 1.29 is 18.6 Å². The summed E-state index contributed by atoms with van der Waals surface area (Å²) in [6, 6.07) is 14.3. The van der Waals surface area contributed by atoms with Gasteiger partial charge in [0.15, 0.2) is 9.84 Å². The molecule has 0 bridgehead atoms. The molecule has 0 aliphatic heterocycles. The maximum Gasteiger partial charge on any atom is 0.179 e. The molecular formula is C26H29ClN4O4S. The molecule has 4 rings (SSSR count). The summed E-state index contributed by atoms with van der Waals surface area (Å²) in [4.78, 5) is 11.1. The number of aliphatic hydroxyl groups excluding tert-OH is 1. The molecule has 0 atom stereocenters. The third-order valence-corrected chi connectivity index (χ3v) is 6.80. The van der Waals surface area contributed by atoms with Gasteiger partial charge in [-0.3, -0.25) is 4.98 Å². The molecule has 3 N–H and O–H groups in total. The van der Waals surface area contributed by atoms with Crippen molar-refractivity contribution >= 4 is 43.8 Å². The average molecular weight is 529 g/mol. The van der Waals surface area contributed by atoms with E-state index in [0.717, 1.165) is 18.4 Å². The number of nitrogens with zero attached hydrogens (tertiary/aromatic N) is 3. The zero-order valence-corrected chi connectivity index (χ0v) is 21.0. The maximum atomic E-state index is 12.6. The number of aromatic hydroxyl groups is 1. The standard InChI is InChI=1S/C25H25ClN4O4S.CH4/c1-30(2)13-15-4-6-18(7-5-15)28-24-22(35(3,33)34)12-27-21-9-8-20(29-23(21)24)16-10-17(14-31)25(32)19(26)11-16;/h4-12,31-32H,13-14H2,1-3H3,(H,27,28);1H4. The summed E-state index contributed by atoms with van der Waals surface area (Å²) < 4.78 is 25.2. The number of hydrogen-bond acceptors (Lipinski definition) is 8. The van der Waals surface area contributed by atoms with Gasteiger partial charge < -0.3 is 20.4 Å². The Balaban J connectivity index is 0.00000361. The van der Waals surface area contributed by atoms with Crippen molar-refractivity contribution in [2.45, 2.75) is 25.5 Å². The van der Waals surface area contributed by atoms with Crippen molar-refractivity contribution in [2.24, 2.45) is 0 Å². The molecule has 0 saturated heterocycles. The SMILES string of the molecule is C.CN(C)Cc1ccc(Nc2c(S(C)(=O)=O)cnc3ccc(-c4cc(Cl)c(O)c(CO)c4)nc23)cc1. The zero-order chi connectivity index (χ0) is 25.3. The van der Waals surface area contributed by atoms with Crippen molar-refractivity contribution in [1.29, 1.82) is 0 Å². The predicted molar refractivity (Wildman–Crippen MR) is 145 cm³/mol. The van der Waals surface area contributed by atoms with E-state index >= 15 is 0 Å². The molecule has 2 heterocycles. The van der Waals surface area contributed by atoms with Crippen LogP contribution < -0.4 is 5.32 Å². The molecule has 190 valence electrons. The van der Waals surface area contributed by atoms with E-state index in [-0.39, 0.29) is 28.7 Å². The fourth-order valence-corrected chi connectivity index (χ4v) is 4.74. The van der Waals surface area contributed by atoms with Crippen molar-refractivity contribution in [3.8, 4) is 17.0 Å². The second-order valence-electron chi connectivity index (χ2n) is 8.52. The molecule has 0 aliphatic rings. The number of anilines is 2. The third-order valence-electron chi connectivity index (χ3n) is 5.41. The Morgan fingerprint density at radius 2 is 1.78 bits per heavy atom. The van der Waals surface area contributed by atoms with Gasteiger partial charge in [-0.2, -0.15) is 0 Å². The Kier molecular flexibility index (Phi) is 8.20. The molecule has 0 spiro atoms. The molecule has 0 unspecified atom stereocenters. The van der Waals surface area contributed by atoms with Crippen LogP contribution in [-0.4, -0.2) is 53.8 Å². The fraction of sp³-hybridized carbons (Fsp3) is 0.231. The van der Waals surface area contributed by atoms with E-state index in [9.17, 15) is 18.6 Å². The molecule has 0 aliphatic carbocycles. The highest BCUT2D eigenvalue weighted by molar-refractivity contribution is 7.90. The smallest absolute Gasteiger partial charge is 0.179 e. The average Bonchev–Trinajstić information content (AvgIpc) is 2.80. The quantitative estimate of drug-likeness (QED) is 0.307. The highest BCUT2D eigenvalue weighted by Crippen LogP contribution is 2.36. The lowest BCUT2D eigenvalue weighted by Gasteiger charge is -2.15. The van der Waals surface area contributed by atoms with Crippen LogP contribution in [0.2, 0.25) is 5.02 Å². The Hall–Kier alpha value is -3.24. The molecule has 2 aromatic heterocycles. The first kappa shape index (κ1) is 27.3. The third kappa shape index (κ3) is 5.76. The number of aromatic nitrogens is 2. The number of pyridine rings is 2. The maximum absolute atomic E-state index is 12.6. The molecule has 4 aromatic rings. The van der Waals surface area contributed by atoms with Crippen molar-refractivity contribution in [3.63, 3.8) is 0 Å². The Bertz CT molecular complexity index is 1510. The van der Waals surface area contributed by atoms with Gasteiger partial charge in [0.25, 0.3) is 0 Å². The highest BCUT2D eigenvalue weighted by atomic mass is 35.5. The number of sulfone groups is 1. The van der Waals surface area contributed by atoms with E-state index in [1.54, 1.807) is 18.2 Å². The van der Waals surface area contributed by atoms with E-state index < -0.39 is 16.4 Å². The van der Waals surface area contributed by atoms with Crippen LogP contribution in [0.3, 0.4) is 0 Å². The zero-order valence-electron chi connectivity index (χ0n) is 19.4. The summed E-state index contributed by atoms with van der Waals surface area (Å²) >= 11 is 6.14. The van der Waals surface area contributed by atoms with E-state index in [2.05, 4.69) is 15.2 Å². The van der Waals surface area contributed by atoms with Crippen molar-refractivity contribution in [1.82, 2.24) is 14.9 Å². The fourth-order valence-electron chi connectivity index (χ4n) is 3.74. The number of benzene rings is 2. The summed E-state index contributed by atoms with van der Waals surface area (Å²) in [6.07, 6.45) is 2.45. The number of hydrogen-bond donors (Lipinski definition) is 3. The minimum Gasteiger partial charge on any atom is -0.506 e. The summed E-state index contributed by atoms with van der Waals surface area (Å²) in [6.45, 7) is 0.381. The van der Waals surface area contributed by atoms with E-state index in [1.807, 2.05) is 38.4 Å². The summed E-state index contributed by atoms with van der Waals surface area (Å²) in [7, 11) is 0.347. The van der Waals surface area contributed by atoms with Crippen LogP contribution in [0.4, 0.5) is 11.4 Å². The van der Waals surface area contributed by atoms with Crippen LogP contribution in [0.25, 0.3) is 22.3 Å². The molecular weight excluding hydrogens is 500 g/mol. The van der Waals surface area contributed by atoms with Gasteiger partial charge in [-0.15, -0.1) is 0 Å². The van der Waals surface area contributed by atoms with Gasteiger partial charge >= 0.3 is 0 Å². The summed E-state index contributed by atoms with van der Waals surface area (Å²) in [5.74, 6) is -0.195. The van der Waals surface area contributed by atoms with Gasteiger partial charge in [-0.05, 0) is 56.1 Å². The van der Waals surface area contributed by atoms with Gasteiger partial charge in [-0.25, -0.2) is 13.4 Å². The van der Waals surface area contributed by atoms with Crippen LogP contribution in [0, 0.1) is 0 Å². The monoisotopic (exact) mass is 528 g/mol. The number of aliphatic hydroxyl groups is 1. The number of halogens is 1. The number of rotatable bonds is 7. The van der Waals surface area contributed by atoms with E-state index in [0.29, 0.717) is 33.7 Å². The first-order valence-electron chi connectivity index (χ1n) is 10.7. The Morgan fingerprint density at radius 3 is 2.39 bits per heavy atom. The molecule has 0 radical (unpaired) electrons. The Morgan fingerprint density at radius 1 is 1.08 bits per heavy atom. The molecule has 10 heteroatoms.